The van der Waals surface area contributed by atoms with Crippen molar-refractivity contribution in [3.63, 3.8) is 0 Å². The lowest BCUT2D eigenvalue weighted by molar-refractivity contribution is 0.0730. The minimum atomic E-state index is -3.73. The van der Waals surface area contributed by atoms with Crippen molar-refractivity contribution in [3.05, 3.63) is 90.1 Å². The van der Waals surface area contributed by atoms with Crippen LogP contribution in [-0.4, -0.2) is 54.9 Å². The summed E-state index contributed by atoms with van der Waals surface area (Å²) in [7, 11) is -3.73. The highest BCUT2D eigenvalue weighted by molar-refractivity contribution is 7.89. The number of morpholine rings is 1. The van der Waals surface area contributed by atoms with E-state index in [2.05, 4.69) is 15.3 Å². The van der Waals surface area contributed by atoms with E-state index in [-0.39, 0.29) is 10.8 Å². The molecule has 5 rings (SSSR count). The zero-order valence-electron chi connectivity index (χ0n) is 18.9. The maximum absolute atomic E-state index is 13.3. The number of pyridine rings is 2. The Hall–Kier alpha value is -3.66. The molecular weight excluding hydrogens is 464 g/mol. The summed E-state index contributed by atoms with van der Waals surface area (Å²) in [6.45, 7) is 1.64. The molecule has 0 atom stereocenters. The minimum Gasteiger partial charge on any atom is -0.379 e. The zero-order valence-corrected chi connectivity index (χ0v) is 19.7. The molecule has 1 aliphatic heterocycles. The first kappa shape index (κ1) is 23.1. The molecule has 1 aliphatic rings. The van der Waals surface area contributed by atoms with Gasteiger partial charge in [0.05, 0.1) is 40.6 Å². The van der Waals surface area contributed by atoms with Gasteiger partial charge in [-0.2, -0.15) is 4.31 Å². The molecule has 1 N–H and O–H groups in total. The summed E-state index contributed by atoms with van der Waals surface area (Å²) in [5.41, 5.74) is 2.97. The van der Waals surface area contributed by atoms with Gasteiger partial charge in [-0.05, 0) is 42.0 Å². The number of rotatable bonds is 6. The van der Waals surface area contributed by atoms with Crippen LogP contribution in [0.25, 0.3) is 22.3 Å². The lowest BCUT2D eigenvalue weighted by atomic mass is 10.1. The Morgan fingerprint density at radius 2 is 1.71 bits per heavy atom. The molecular formula is C26H24N4O4S. The predicted molar refractivity (Wildman–Crippen MR) is 132 cm³/mol. The molecule has 1 saturated heterocycles. The van der Waals surface area contributed by atoms with Crippen LogP contribution in [-0.2, 0) is 21.3 Å². The Balaban J connectivity index is 1.58. The summed E-state index contributed by atoms with van der Waals surface area (Å²) in [4.78, 5) is 22.5. The number of carbonyl (C=O) groups is 1. The molecule has 1 fully saturated rings. The summed E-state index contributed by atoms with van der Waals surface area (Å²) < 4.78 is 33.2. The molecule has 3 heterocycles. The van der Waals surface area contributed by atoms with Crippen molar-refractivity contribution in [1.29, 1.82) is 0 Å². The van der Waals surface area contributed by atoms with E-state index in [4.69, 9.17) is 4.74 Å². The first-order chi connectivity index (χ1) is 17.0. The molecule has 1 amide bonds. The van der Waals surface area contributed by atoms with Crippen molar-refractivity contribution in [2.75, 3.05) is 26.3 Å². The minimum absolute atomic E-state index is 0.122. The number of sulfonamides is 1. The number of nitrogens with zero attached hydrogens (tertiary/aromatic N) is 3. The van der Waals surface area contributed by atoms with E-state index in [0.29, 0.717) is 60.7 Å². The summed E-state index contributed by atoms with van der Waals surface area (Å²) in [5, 5.41) is 3.41. The quantitative estimate of drug-likeness (QED) is 0.447. The van der Waals surface area contributed by atoms with E-state index in [1.807, 2.05) is 42.5 Å². The van der Waals surface area contributed by atoms with Gasteiger partial charge in [0.25, 0.3) is 5.91 Å². The molecule has 2 aromatic heterocycles. The molecule has 2 aromatic carbocycles. The van der Waals surface area contributed by atoms with Gasteiger partial charge in [0.2, 0.25) is 10.0 Å². The van der Waals surface area contributed by atoms with Crippen molar-refractivity contribution in [1.82, 2.24) is 19.6 Å². The third kappa shape index (κ3) is 4.93. The Labute approximate surface area is 203 Å². The Morgan fingerprint density at radius 3 is 2.46 bits per heavy atom. The van der Waals surface area contributed by atoms with Crippen LogP contribution in [0, 0.1) is 0 Å². The van der Waals surface area contributed by atoms with Crippen LogP contribution in [0.2, 0.25) is 0 Å². The highest BCUT2D eigenvalue weighted by Gasteiger charge is 2.27. The number of nitrogens with one attached hydrogen (secondary N) is 1. The third-order valence-electron chi connectivity index (χ3n) is 5.86. The second kappa shape index (κ2) is 9.91. The molecule has 9 heteroatoms. The number of ether oxygens (including phenoxy) is 1. The van der Waals surface area contributed by atoms with Gasteiger partial charge in [-0.15, -0.1) is 0 Å². The van der Waals surface area contributed by atoms with Gasteiger partial charge >= 0.3 is 0 Å². The number of carbonyl (C=O) groups excluding carboxylic acids is 1. The lowest BCUT2D eigenvalue weighted by Gasteiger charge is -2.26. The van der Waals surface area contributed by atoms with Crippen LogP contribution in [0.3, 0.4) is 0 Å². The summed E-state index contributed by atoms with van der Waals surface area (Å²) in [5.74, 6) is -0.320. The van der Waals surface area contributed by atoms with Gasteiger partial charge < -0.3 is 10.1 Å². The van der Waals surface area contributed by atoms with Gasteiger partial charge in [0.1, 0.15) is 0 Å². The first-order valence-corrected chi connectivity index (χ1v) is 12.7. The van der Waals surface area contributed by atoms with Crippen LogP contribution in [0.4, 0.5) is 0 Å². The molecule has 4 aromatic rings. The predicted octanol–water partition coefficient (Wildman–Crippen LogP) is 3.25. The Bertz CT molecular complexity index is 1460. The lowest BCUT2D eigenvalue weighted by Crippen LogP contribution is -2.40. The van der Waals surface area contributed by atoms with Crippen molar-refractivity contribution in [2.24, 2.45) is 0 Å². The van der Waals surface area contributed by atoms with Crippen LogP contribution < -0.4 is 5.32 Å². The molecule has 0 unspecified atom stereocenters. The highest BCUT2D eigenvalue weighted by atomic mass is 32.2. The molecule has 35 heavy (non-hydrogen) atoms. The van der Waals surface area contributed by atoms with Crippen molar-refractivity contribution >= 4 is 26.8 Å². The van der Waals surface area contributed by atoms with Gasteiger partial charge in [-0.1, -0.05) is 36.4 Å². The van der Waals surface area contributed by atoms with Gasteiger partial charge in [0, 0.05) is 31.2 Å². The maximum atomic E-state index is 13.3. The fourth-order valence-electron chi connectivity index (χ4n) is 4.01. The highest BCUT2D eigenvalue weighted by Crippen LogP contribution is 2.28. The third-order valence-corrected chi connectivity index (χ3v) is 7.75. The van der Waals surface area contributed by atoms with E-state index < -0.39 is 10.0 Å². The van der Waals surface area contributed by atoms with Crippen LogP contribution >= 0.6 is 0 Å². The molecule has 0 spiro atoms. The molecule has 178 valence electrons. The standard InChI is InChI=1S/C26H24N4O4S/c31-26(28-18-19-6-2-1-3-7-19)22-17-25(24-8-4-5-11-27-24)29-23-10-9-20(16-21(22)23)35(32,33)30-12-14-34-15-13-30/h1-11,16-17H,12-15,18H2,(H,28,31). The average Bonchev–Trinajstić information content (AvgIpc) is 2.92. The maximum Gasteiger partial charge on any atom is 0.252 e. The SMILES string of the molecule is O=C(NCc1ccccc1)c1cc(-c2ccccn2)nc2ccc(S(=O)(=O)N3CCOCC3)cc12. The van der Waals surface area contributed by atoms with Crippen molar-refractivity contribution < 1.29 is 17.9 Å². The van der Waals surface area contributed by atoms with Gasteiger partial charge in [0.15, 0.2) is 0 Å². The zero-order chi connectivity index (χ0) is 24.3. The number of aromatic nitrogens is 2. The molecule has 0 bridgehead atoms. The van der Waals surface area contributed by atoms with Crippen molar-refractivity contribution in [2.45, 2.75) is 11.4 Å². The smallest absolute Gasteiger partial charge is 0.252 e. The van der Waals surface area contributed by atoms with Crippen LogP contribution in [0.15, 0.2) is 83.9 Å². The topological polar surface area (TPSA) is 101 Å². The molecule has 0 saturated carbocycles. The molecule has 8 nitrogen and oxygen atoms in total. The molecule has 0 aliphatic carbocycles. The van der Waals surface area contributed by atoms with E-state index >= 15 is 0 Å². The fourth-order valence-corrected chi connectivity index (χ4v) is 5.44. The normalized spacial score (nSPS) is 14.6. The summed E-state index contributed by atoms with van der Waals surface area (Å²) in [6.07, 6.45) is 1.66. The number of benzene rings is 2. The van der Waals surface area contributed by atoms with Gasteiger partial charge in [-0.25, -0.2) is 13.4 Å². The average molecular weight is 489 g/mol. The van der Waals surface area contributed by atoms with Crippen molar-refractivity contribution in [3.8, 4) is 11.4 Å². The number of fused-ring (bicyclic) bond motifs is 1. The summed E-state index contributed by atoms with van der Waals surface area (Å²) in [6, 6.07) is 21.4. The Morgan fingerprint density at radius 1 is 0.943 bits per heavy atom. The Kier molecular flexibility index (Phi) is 6.54. The largest absolute Gasteiger partial charge is 0.379 e. The van der Waals surface area contributed by atoms with E-state index in [1.165, 1.54) is 16.4 Å². The van der Waals surface area contributed by atoms with Gasteiger partial charge in [-0.3, -0.25) is 9.78 Å². The number of hydrogen-bond donors (Lipinski definition) is 1. The number of amides is 1. The first-order valence-electron chi connectivity index (χ1n) is 11.3. The van der Waals surface area contributed by atoms with E-state index in [9.17, 15) is 13.2 Å². The van der Waals surface area contributed by atoms with Crippen LogP contribution in [0.1, 0.15) is 15.9 Å². The fraction of sp³-hybridized carbons (Fsp3) is 0.192. The summed E-state index contributed by atoms with van der Waals surface area (Å²) >= 11 is 0. The van der Waals surface area contributed by atoms with E-state index in [1.54, 1.807) is 24.4 Å². The second-order valence-electron chi connectivity index (χ2n) is 8.13. The second-order valence-corrected chi connectivity index (χ2v) is 10.1. The number of hydrogen-bond acceptors (Lipinski definition) is 6. The molecule has 0 radical (unpaired) electrons. The monoisotopic (exact) mass is 488 g/mol. The van der Waals surface area contributed by atoms with E-state index in [0.717, 1.165) is 5.56 Å². The van der Waals surface area contributed by atoms with Crippen LogP contribution in [0.5, 0.6) is 0 Å².